The van der Waals surface area contributed by atoms with Gasteiger partial charge in [-0.25, -0.2) is 0 Å². The van der Waals surface area contributed by atoms with Crippen molar-refractivity contribution in [2.45, 2.75) is 26.0 Å². The molecule has 0 saturated carbocycles. The number of nitrogens with zero attached hydrogens (tertiary/aromatic N) is 1. The first kappa shape index (κ1) is 22.9. The van der Waals surface area contributed by atoms with Crippen LogP contribution in [0.3, 0.4) is 0 Å². The van der Waals surface area contributed by atoms with Crippen LogP contribution < -0.4 is 14.8 Å². The van der Waals surface area contributed by atoms with Crippen LogP contribution in [0.2, 0.25) is 0 Å². The first-order valence-electron chi connectivity index (χ1n) is 10.6. The number of ether oxygens (including phenoxy) is 3. The second-order valence-corrected chi connectivity index (χ2v) is 7.97. The fraction of sp³-hybridized carbons (Fsp3) is 0.458. The predicted octanol–water partition coefficient (Wildman–Crippen LogP) is 3.35. The van der Waals surface area contributed by atoms with E-state index in [1.165, 1.54) is 0 Å². The molecule has 3 rings (SSSR count). The largest absolute Gasteiger partial charge is 0.493 e. The molecule has 2 aromatic carbocycles. The highest BCUT2D eigenvalue weighted by molar-refractivity contribution is 6.00. The van der Waals surface area contributed by atoms with Crippen LogP contribution in [0.1, 0.15) is 35.8 Å². The number of benzene rings is 2. The van der Waals surface area contributed by atoms with E-state index in [0.29, 0.717) is 36.1 Å². The fourth-order valence-electron chi connectivity index (χ4n) is 3.84. The lowest BCUT2D eigenvalue weighted by molar-refractivity contribution is -0.0811. The van der Waals surface area contributed by atoms with E-state index in [1.807, 2.05) is 36.4 Å². The van der Waals surface area contributed by atoms with Gasteiger partial charge in [0.15, 0.2) is 11.5 Å². The molecule has 1 fully saturated rings. The first-order valence-corrected chi connectivity index (χ1v) is 10.6. The maximum atomic E-state index is 13.7. The second kappa shape index (κ2) is 10.5. The summed E-state index contributed by atoms with van der Waals surface area (Å²) < 4.78 is 16.6. The summed E-state index contributed by atoms with van der Waals surface area (Å²) in [4.78, 5) is 15.5. The van der Waals surface area contributed by atoms with Gasteiger partial charge in [0.05, 0.1) is 39.0 Å². The standard InChI is InChI=1S/C24H32N2O5/c1-16(2)14-25-19-8-6-5-7-18(19)24(28)26-11-12-31-22(15-27)23(26)17-9-10-20(29-3)21(13-17)30-4/h5-10,13,16,22-23,25,27H,11-12,14-15H2,1-4H3/t22-,23-/m1/s1. The number of anilines is 1. The summed E-state index contributed by atoms with van der Waals surface area (Å²) in [7, 11) is 3.15. The quantitative estimate of drug-likeness (QED) is 0.671. The maximum Gasteiger partial charge on any atom is 0.256 e. The fourth-order valence-corrected chi connectivity index (χ4v) is 3.84. The summed E-state index contributed by atoms with van der Waals surface area (Å²) in [6.45, 7) is 5.60. The first-order chi connectivity index (χ1) is 15.0. The van der Waals surface area contributed by atoms with E-state index in [0.717, 1.165) is 17.8 Å². The van der Waals surface area contributed by atoms with Crippen molar-refractivity contribution < 1.29 is 24.1 Å². The molecule has 0 aromatic heterocycles. The second-order valence-electron chi connectivity index (χ2n) is 7.97. The molecule has 0 radical (unpaired) electrons. The Morgan fingerprint density at radius 2 is 1.94 bits per heavy atom. The van der Waals surface area contributed by atoms with Crippen LogP contribution in [-0.2, 0) is 4.74 Å². The number of nitrogens with one attached hydrogen (secondary N) is 1. The van der Waals surface area contributed by atoms with Gasteiger partial charge in [-0.1, -0.05) is 32.0 Å². The van der Waals surface area contributed by atoms with Crippen molar-refractivity contribution in [3.8, 4) is 11.5 Å². The summed E-state index contributed by atoms with van der Waals surface area (Å²) in [6, 6.07) is 12.6. The molecule has 2 atom stereocenters. The third-order valence-corrected chi connectivity index (χ3v) is 5.40. The number of hydrogen-bond acceptors (Lipinski definition) is 6. The van der Waals surface area contributed by atoms with Crippen LogP contribution in [-0.4, -0.2) is 62.5 Å². The Labute approximate surface area is 183 Å². The van der Waals surface area contributed by atoms with Crippen molar-refractivity contribution in [3.63, 3.8) is 0 Å². The SMILES string of the molecule is COc1ccc([C@@H]2[C@@H](CO)OCCN2C(=O)c2ccccc2NCC(C)C)cc1OC. The number of methoxy groups -OCH3 is 2. The number of carbonyl (C=O) groups is 1. The summed E-state index contributed by atoms with van der Waals surface area (Å²) in [6.07, 6.45) is -0.536. The predicted molar refractivity (Wildman–Crippen MR) is 120 cm³/mol. The molecule has 1 saturated heterocycles. The van der Waals surface area contributed by atoms with E-state index in [1.54, 1.807) is 25.2 Å². The van der Waals surface area contributed by atoms with Crippen LogP contribution in [0.4, 0.5) is 5.69 Å². The zero-order chi connectivity index (χ0) is 22.4. The number of carbonyl (C=O) groups excluding carboxylic acids is 1. The van der Waals surface area contributed by atoms with Crippen LogP contribution >= 0.6 is 0 Å². The van der Waals surface area contributed by atoms with Gasteiger partial charge in [-0.2, -0.15) is 0 Å². The third-order valence-electron chi connectivity index (χ3n) is 5.40. The average molecular weight is 429 g/mol. The van der Waals surface area contributed by atoms with Gasteiger partial charge in [0.2, 0.25) is 0 Å². The molecule has 0 spiro atoms. The lowest BCUT2D eigenvalue weighted by Crippen LogP contribution is -2.49. The van der Waals surface area contributed by atoms with Crippen molar-refractivity contribution in [1.82, 2.24) is 4.90 Å². The number of aliphatic hydroxyl groups is 1. The Balaban J connectivity index is 1.98. The molecule has 0 bridgehead atoms. The van der Waals surface area contributed by atoms with Gasteiger partial charge in [0.25, 0.3) is 5.91 Å². The summed E-state index contributed by atoms with van der Waals surface area (Å²) >= 11 is 0. The zero-order valence-electron chi connectivity index (χ0n) is 18.6. The lowest BCUT2D eigenvalue weighted by atomic mass is 9.96. The number of rotatable bonds is 8. The molecule has 1 aliphatic rings. The number of amides is 1. The minimum atomic E-state index is -0.536. The van der Waals surface area contributed by atoms with E-state index in [2.05, 4.69) is 19.2 Å². The number of para-hydroxylation sites is 1. The highest BCUT2D eigenvalue weighted by Crippen LogP contribution is 2.36. The smallest absolute Gasteiger partial charge is 0.256 e. The van der Waals surface area contributed by atoms with E-state index in [9.17, 15) is 9.90 Å². The van der Waals surface area contributed by atoms with Crippen LogP contribution in [0.5, 0.6) is 11.5 Å². The molecule has 0 unspecified atom stereocenters. The molecule has 7 heteroatoms. The van der Waals surface area contributed by atoms with Crippen molar-refractivity contribution in [3.05, 3.63) is 53.6 Å². The molecule has 2 N–H and O–H groups in total. The van der Waals surface area contributed by atoms with Crippen LogP contribution in [0, 0.1) is 5.92 Å². The Morgan fingerprint density at radius 1 is 1.19 bits per heavy atom. The molecular formula is C24H32N2O5. The van der Waals surface area contributed by atoms with Gasteiger partial charge in [-0.15, -0.1) is 0 Å². The molecular weight excluding hydrogens is 396 g/mol. The Bertz CT molecular complexity index is 886. The summed E-state index contributed by atoms with van der Waals surface area (Å²) in [5.74, 6) is 1.51. The van der Waals surface area contributed by atoms with Gasteiger partial charge in [0, 0.05) is 18.8 Å². The molecule has 0 aliphatic carbocycles. The monoisotopic (exact) mass is 428 g/mol. The number of aliphatic hydroxyl groups excluding tert-OH is 1. The molecule has 1 amide bonds. The average Bonchev–Trinajstić information content (AvgIpc) is 2.81. The molecule has 168 valence electrons. The van der Waals surface area contributed by atoms with Gasteiger partial charge in [-0.05, 0) is 35.7 Å². The van der Waals surface area contributed by atoms with Crippen molar-refractivity contribution in [1.29, 1.82) is 0 Å². The topological polar surface area (TPSA) is 80.3 Å². The zero-order valence-corrected chi connectivity index (χ0v) is 18.6. The van der Waals surface area contributed by atoms with E-state index in [-0.39, 0.29) is 12.5 Å². The Kier molecular flexibility index (Phi) is 7.76. The van der Waals surface area contributed by atoms with Crippen molar-refractivity contribution >= 4 is 11.6 Å². The minimum Gasteiger partial charge on any atom is -0.493 e. The van der Waals surface area contributed by atoms with Gasteiger partial charge < -0.3 is 29.5 Å². The van der Waals surface area contributed by atoms with Gasteiger partial charge in [-0.3, -0.25) is 4.79 Å². The molecule has 31 heavy (non-hydrogen) atoms. The third kappa shape index (κ3) is 5.11. The van der Waals surface area contributed by atoms with Crippen molar-refractivity contribution in [2.24, 2.45) is 5.92 Å². The highest BCUT2D eigenvalue weighted by Gasteiger charge is 2.37. The molecule has 1 heterocycles. The molecule has 1 aliphatic heterocycles. The van der Waals surface area contributed by atoms with Crippen LogP contribution in [0.15, 0.2) is 42.5 Å². The number of morpholine rings is 1. The maximum absolute atomic E-state index is 13.7. The Morgan fingerprint density at radius 3 is 2.61 bits per heavy atom. The highest BCUT2D eigenvalue weighted by atomic mass is 16.5. The lowest BCUT2D eigenvalue weighted by Gasteiger charge is -2.41. The normalized spacial score (nSPS) is 18.7. The molecule has 7 nitrogen and oxygen atoms in total. The van der Waals surface area contributed by atoms with E-state index >= 15 is 0 Å². The van der Waals surface area contributed by atoms with Crippen molar-refractivity contribution in [2.75, 3.05) is 45.8 Å². The molecule has 2 aromatic rings. The van der Waals surface area contributed by atoms with Gasteiger partial charge in [0.1, 0.15) is 6.10 Å². The summed E-state index contributed by atoms with van der Waals surface area (Å²) in [5, 5.41) is 13.4. The number of hydrogen-bond donors (Lipinski definition) is 2. The minimum absolute atomic E-state index is 0.103. The van der Waals surface area contributed by atoms with Gasteiger partial charge >= 0.3 is 0 Å². The van der Waals surface area contributed by atoms with E-state index < -0.39 is 12.1 Å². The van der Waals surface area contributed by atoms with Crippen LogP contribution in [0.25, 0.3) is 0 Å². The van der Waals surface area contributed by atoms with E-state index in [4.69, 9.17) is 14.2 Å². The Hall–Kier alpha value is -2.77. The summed E-state index contributed by atoms with van der Waals surface area (Å²) in [5.41, 5.74) is 2.23.